The molecule has 4 saturated carbocycles. The molecule has 12 atom stereocenters. The van der Waals surface area contributed by atoms with Crippen LogP contribution in [0.4, 0.5) is 0 Å². The summed E-state index contributed by atoms with van der Waals surface area (Å²) < 4.78 is 0. The second kappa shape index (κ2) is 7.10. The summed E-state index contributed by atoms with van der Waals surface area (Å²) in [6, 6.07) is 0. The summed E-state index contributed by atoms with van der Waals surface area (Å²) in [5, 5.41) is 33.8. The SMILES string of the molecule is C[C@H]1[C@H](C)CC[C@]2(C)CC[C@]3(C)C(=C[C@@H](O)[C@@H]4[C@@]5(C)C[C@@H](O)[C@H](O)C(C)(C)C5CC[C@]43C)[C@H]12. The molecule has 5 rings (SSSR count). The summed E-state index contributed by atoms with van der Waals surface area (Å²) in [6.07, 6.45) is 8.33. The summed E-state index contributed by atoms with van der Waals surface area (Å²) in [6.45, 7) is 19.1. The molecule has 188 valence electrons. The van der Waals surface area contributed by atoms with Gasteiger partial charge in [0.1, 0.15) is 0 Å². The second-order valence-electron chi connectivity index (χ2n) is 15.0. The molecule has 0 aromatic heterocycles. The van der Waals surface area contributed by atoms with Gasteiger partial charge in [-0.25, -0.2) is 0 Å². The first-order valence-corrected chi connectivity index (χ1v) is 13.9. The molecular formula is C30H50O3. The Labute approximate surface area is 202 Å². The highest BCUT2D eigenvalue weighted by Gasteiger charge is 2.70. The minimum atomic E-state index is -0.720. The number of rotatable bonds is 0. The van der Waals surface area contributed by atoms with E-state index in [1.165, 1.54) is 25.7 Å². The molecule has 3 N–H and O–H groups in total. The normalized spacial score (nSPS) is 60.0. The molecule has 0 saturated heterocycles. The zero-order valence-corrected chi connectivity index (χ0v) is 22.5. The van der Waals surface area contributed by atoms with Crippen LogP contribution in [0.15, 0.2) is 11.6 Å². The van der Waals surface area contributed by atoms with Crippen LogP contribution in [0.2, 0.25) is 0 Å². The van der Waals surface area contributed by atoms with Crippen molar-refractivity contribution in [2.24, 2.45) is 56.7 Å². The van der Waals surface area contributed by atoms with Gasteiger partial charge < -0.3 is 15.3 Å². The van der Waals surface area contributed by atoms with E-state index in [1.54, 1.807) is 5.57 Å². The number of hydrogen-bond acceptors (Lipinski definition) is 3. The molecule has 5 aliphatic rings. The molecule has 0 bridgehead atoms. The lowest BCUT2D eigenvalue weighted by molar-refractivity contribution is -0.247. The van der Waals surface area contributed by atoms with E-state index in [1.807, 2.05) is 0 Å². The van der Waals surface area contributed by atoms with Crippen LogP contribution in [0.5, 0.6) is 0 Å². The average molecular weight is 459 g/mol. The molecule has 0 radical (unpaired) electrons. The Morgan fingerprint density at radius 3 is 2.18 bits per heavy atom. The molecule has 0 heterocycles. The van der Waals surface area contributed by atoms with Gasteiger partial charge in [-0.3, -0.25) is 0 Å². The van der Waals surface area contributed by atoms with Gasteiger partial charge in [0.2, 0.25) is 0 Å². The highest BCUT2D eigenvalue weighted by Crippen LogP contribution is 2.75. The van der Waals surface area contributed by atoms with Gasteiger partial charge in [0.25, 0.3) is 0 Å². The minimum absolute atomic E-state index is 0.00157. The first-order chi connectivity index (χ1) is 15.1. The predicted octanol–water partition coefficient (Wildman–Crippen LogP) is 5.97. The van der Waals surface area contributed by atoms with Gasteiger partial charge >= 0.3 is 0 Å². The van der Waals surface area contributed by atoms with Crippen LogP contribution >= 0.6 is 0 Å². The Kier molecular flexibility index (Phi) is 5.23. The van der Waals surface area contributed by atoms with E-state index < -0.39 is 18.3 Å². The smallest absolute Gasteiger partial charge is 0.0852 e. The average Bonchev–Trinajstić information content (AvgIpc) is 2.71. The zero-order chi connectivity index (χ0) is 24.4. The second-order valence-corrected chi connectivity index (χ2v) is 15.0. The van der Waals surface area contributed by atoms with Crippen molar-refractivity contribution in [3.8, 4) is 0 Å². The number of aliphatic hydroxyl groups excluding tert-OH is 3. The van der Waals surface area contributed by atoms with Crippen molar-refractivity contribution >= 4 is 0 Å². The molecule has 0 spiro atoms. The largest absolute Gasteiger partial charge is 0.390 e. The van der Waals surface area contributed by atoms with Crippen LogP contribution in [0, 0.1) is 56.7 Å². The monoisotopic (exact) mass is 458 g/mol. The number of allylic oxidation sites excluding steroid dienone is 1. The molecule has 33 heavy (non-hydrogen) atoms. The molecular weight excluding hydrogens is 408 g/mol. The van der Waals surface area contributed by atoms with Gasteiger partial charge in [-0.15, -0.1) is 0 Å². The summed E-state index contributed by atoms with van der Waals surface area (Å²) in [5.74, 6) is 2.36. The van der Waals surface area contributed by atoms with E-state index in [2.05, 4.69) is 61.5 Å². The molecule has 3 heteroatoms. The highest BCUT2D eigenvalue weighted by atomic mass is 16.3. The maximum Gasteiger partial charge on any atom is 0.0852 e. The van der Waals surface area contributed by atoms with Crippen molar-refractivity contribution < 1.29 is 15.3 Å². The Morgan fingerprint density at radius 2 is 1.52 bits per heavy atom. The molecule has 0 aliphatic heterocycles. The maximum absolute atomic E-state index is 12.0. The van der Waals surface area contributed by atoms with E-state index in [-0.39, 0.29) is 27.6 Å². The van der Waals surface area contributed by atoms with E-state index in [4.69, 9.17) is 0 Å². The highest BCUT2D eigenvalue weighted by molar-refractivity contribution is 5.35. The van der Waals surface area contributed by atoms with Crippen molar-refractivity contribution in [2.45, 2.75) is 119 Å². The minimum Gasteiger partial charge on any atom is -0.390 e. The Bertz CT molecular complexity index is 847. The fraction of sp³-hybridized carbons (Fsp3) is 0.933. The van der Waals surface area contributed by atoms with Crippen LogP contribution in [0.3, 0.4) is 0 Å². The predicted molar refractivity (Wildman–Crippen MR) is 133 cm³/mol. The summed E-state index contributed by atoms with van der Waals surface area (Å²) in [5.41, 5.74) is 1.48. The van der Waals surface area contributed by atoms with Gasteiger partial charge in [-0.2, -0.15) is 0 Å². The van der Waals surface area contributed by atoms with Gasteiger partial charge in [0.05, 0.1) is 18.3 Å². The quantitative estimate of drug-likeness (QED) is 0.392. The Morgan fingerprint density at radius 1 is 0.848 bits per heavy atom. The van der Waals surface area contributed by atoms with Gasteiger partial charge in [-0.05, 0) is 95.7 Å². The van der Waals surface area contributed by atoms with Crippen molar-refractivity contribution in [2.75, 3.05) is 0 Å². The van der Waals surface area contributed by atoms with Gasteiger partial charge in [0.15, 0.2) is 0 Å². The van der Waals surface area contributed by atoms with Crippen molar-refractivity contribution in [3.05, 3.63) is 11.6 Å². The topological polar surface area (TPSA) is 60.7 Å². The van der Waals surface area contributed by atoms with Crippen LogP contribution in [-0.4, -0.2) is 33.6 Å². The van der Waals surface area contributed by atoms with Gasteiger partial charge in [0, 0.05) is 5.92 Å². The first kappa shape index (κ1) is 24.3. The fourth-order valence-electron chi connectivity index (χ4n) is 11.1. The number of hydrogen-bond donors (Lipinski definition) is 3. The lowest BCUT2D eigenvalue weighted by atomic mass is 9.33. The molecule has 4 fully saturated rings. The maximum atomic E-state index is 12.0. The third-order valence-corrected chi connectivity index (χ3v) is 13.3. The van der Waals surface area contributed by atoms with Gasteiger partial charge in [-0.1, -0.05) is 67.0 Å². The molecule has 0 aromatic carbocycles. The lowest BCUT2D eigenvalue weighted by Gasteiger charge is -2.72. The fourth-order valence-corrected chi connectivity index (χ4v) is 11.1. The van der Waals surface area contributed by atoms with Crippen molar-refractivity contribution in [1.82, 2.24) is 0 Å². The molecule has 5 aliphatic carbocycles. The third kappa shape index (κ3) is 2.85. The summed E-state index contributed by atoms with van der Waals surface area (Å²) >= 11 is 0. The molecule has 1 unspecified atom stereocenters. The van der Waals surface area contributed by atoms with Crippen LogP contribution in [-0.2, 0) is 0 Å². The van der Waals surface area contributed by atoms with Crippen LogP contribution in [0.1, 0.15) is 100 Å². The van der Waals surface area contributed by atoms with E-state index >= 15 is 0 Å². The Hall–Kier alpha value is -0.380. The first-order valence-electron chi connectivity index (χ1n) is 13.9. The van der Waals surface area contributed by atoms with Crippen LogP contribution < -0.4 is 0 Å². The van der Waals surface area contributed by atoms with E-state index in [9.17, 15) is 15.3 Å². The van der Waals surface area contributed by atoms with E-state index in [0.29, 0.717) is 29.6 Å². The van der Waals surface area contributed by atoms with Crippen molar-refractivity contribution in [1.29, 1.82) is 0 Å². The van der Waals surface area contributed by atoms with Crippen LogP contribution in [0.25, 0.3) is 0 Å². The molecule has 0 aromatic rings. The molecule has 0 amide bonds. The summed E-state index contributed by atoms with van der Waals surface area (Å²) in [7, 11) is 0. The van der Waals surface area contributed by atoms with E-state index in [0.717, 1.165) is 18.8 Å². The number of fused-ring (bicyclic) bond motifs is 7. The van der Waals surface area contributed by atoms with Crippen molar-refractivity contribution in [3.63, 3.8) is 0 Å². The number of aliphatic hydroxyl groups is 3. The lowest BCUT2D eigenvalue weighted by Crippen LogP contribution is -2.69. The third-order valence-electron chi connectivity index (χ3n) is 13.3. The summed E-state index contributed by atoms with van der Waals surface area (Å²) in [4.78, 5) is 0. The Balaban J connectivity index is 1.64. The zero-order valence-electron chi connectivity index (χ0n) is 22.5. The standard InChI is InChI=1S/C30H50O3/c1-17-9-11-27(5)13-14-29(7)19(23(27)18(17)2)15-20(31)24-28(6)16-21(32)25(33)26(3,4)22(28)10-12-30(24,29)8/h15,17-18,20-25,31-33H,9-14,16H2,1-8H3/t17-,18+,20-,21-,22?,23+,24-,25+,27-,28+,29-,30-/m1/s1. The molecule has 3 nitrogen and oxygen atoms in total.